The van der Waals surface area contributed by atoms with Crippen LogP contribution in [0.25, 0.3) is 0 Å². The SMILES string of the molecule is NOC(=O)CCCCC(=O)ON. The number of hydrogen-bond acceptors (Lipinski definition) is 6. The van der Waals surface area contributed by atoms with Crippen molar-refractivity contribution in [2.45, 2.75) is 25.7 Å². The van der Waals surface area contributed by atoms with Gasteiger partial charge < -0.3 is 9.68 Å². The van der Waals surface area contributed by atoms with Crippen LogP contribution in [-0.4, -0.2) is 11.9 Å². The lowest BCUT2D eigenvalue weighted by molar-refractivity contribution is -0.146. The maximum atomic E-state index is 10.4. The first-order valence-electron chi connectivity index (χ1n) is 3.50. The maximum Gasteiger partial charge on any atom is 0.324 e. The fourth-order valence-electron chi connectivity index (χ4n) is 0.657. The summed E-state index contributed by atoms with van der Waals surface area (Å²) in [4.78, 5) is 28.7. The molecule has 0 saturated heterocycles. The third kappa shape index (κ3) is 5.63. The smallest absolute Gasteiger partial charge is 0.324 e. The predicted molar refractivity (Wildman–Crippen MR) is 39.0 cm³/mol. The molecule has 0 aliphatic carbocycles. The van der Waals surface area contributed by atoms with Gasteiger partial charge in [0.25, 0.3) is 0 Å². The highest BCUT2D eigenvalue weighted by Gasteiger charge is 2.03. The van der Waals surface area contributed by atoms with Crippen molar-refractivity contribution in [2.24, 2.45) is 11.8 Å². The van der Waals surface area contributed by atoms with E-state index in [0.717, 1.165) is 0 Å². The van der Waals surface area contributed by atoms with Crippen LogP contribution in [0, 0.1) is 0 Å². The number of carbonyl (C=O) groups is 2. The zero-order valence-electron chi connectivity index (χ0n) is 6.62. The highest BCUT2D eigenvalue weighted by atomic mass is 16.7. The second-order valence-corrected chi connectivity index (χ2v) is 2.19. The molecule has 0 heterocycles. The average molecular weight is 176 g/mol. The Morgan fingerprint density at radius 2 is 1.25 bits per heavy atom. The van der Waals surface area contributed by atoms with E-state index in [0.29, 0.717) is 12.8 Å². The van der Waals surface area contributed by atoms with Crippen molar-refractivity contribution in [3.8, 4) is 0 Å². The summed E-state index contributed by atoms with van der Waals surface area (Å²) in [5.74, 6) is 8.18. The largest absolute Gasteiger partial charge is 0.373 e. The molecule has 0 atom stereocenters. The molecule has 0 unspecified atom stereocenters. The standard InChI is InChI=1S/C6H12N2O4/c7-11-5(9)3-1-2-4-6(10)12-8/h1-4,7-8H2. The molecule has 6 nitrogen and oxygen atoms in total. The molecule has 6 heteroatoms. The summed E-state index contributed by atoms with van der Waals surface area (Å²) in [6.07, 6.45) is 1.47. The molecule has 0 aromatic carbocycles. The highest BCUT2D eigenvalue weighted by Crippen LogP contribution is 2.00. The monoisotopic (exact) mass is 176 g/mol. The Morgan fingerprint density at radius 3 is 1.50 bits per heavy atom. The Hall–Kier alpha value is -1.14. The molecule has 0 aliphatic rings. The van der Waals surface area contributed by atoms with E-state index in [-0.39, 0.29) is 12.8 Å². The Balaban J connectivity index is 3.21. The Labute approximate surface area is 69.7 Å². The summed E-state index contributed by atoms with van der Waals surface area (Å²) in [7, 11) is 0. The Bertz CT molecular complexity index is 142. The molecule has 70 valence electrons. The molecule has 0 rings (SSSR count). The van der Waals surface area contributed by atoms with Crippen molar-refractivity contribution in [2.75, 3.05) is 0 Å². The minimum Gasteiger partial charge on any atom is -0.373 e. The molecule has 0 saturated carbocycles. The molecular weight excluding hydrogens is 164 g/mol. The van der Waals surface area contributed by atoms with Crippen molar-refractivity contribution in [3.05, 3.63) is 0 Å². The lowest BCUT2D eigenvalue weighted by atomic mass is 10.2. The number of unbranched alkanes of at least 4 members (excludes halogenated alkanes) is 1. The van der Waals surface area contributed by atoms with E-state index in [1.807, 2.05) is 0 Å². The van der Waals surface area contributed by atoms with E-state index >= 15 is 0 Å². The lowest BCUT2D eigenvalue weighted by Crippen LogP contribution is -2.11. The summed E-state index contributed by atoms with van der Waals surface area (Å²) in [6.45, 7) is 0. The summed E-state index contributed by atoms with van der Waals surface area (Å²) in [5, 5.41) is 0. The van der Waals surface area contributed by atoms with Gasteiger partial charge in [0.05, 0.1) is 0 Å². The zero-order chi connectivity index (χ0) is 9.40. The topological polar surface area (TPSA) is 105 Å². The first-order chi connectivity index (χ1) is 5.70. The van der Waals surface area contributed by atoms with E-state index in [9.17, 15) is 9.59 Å². The number of nitrogens with two attached hydrogens (primary N) is 2. The van der Waals surface area contributed by atoms with Crippen LogP contribution in [0.3, 0.4) is 0 Å². The third-order valence-corrected chi connectivity index (χ3v) is 1.27. The molecule has 0 aliphatic heterocycles. The number of hydrogen-bond donors (Lipinski definition) is 2. The minimum absolute atomic E-state index is 0.203. The van der Waals surface area contributed by atoms with Crippen molar-refractivity contribution >= 4 is 11.9 Å². The van der Waals surface area contributed by atoms with Crippen molar-refractivity contribution in [1.29, 1.82) is 0 Å². The van der Waals surface area contributed by atoms with Crippen LogP contribution in [0.1, 0.15) is 25.7 Å². The van der Waals surface area contributed by atoms with Gasteiger partial charge in [-0.3, -0.25) is 9.59 Å². The summed E-state index contributed by atoms with van der Waals surface area (Å²) in [6, 6.07) is 0. The lowest BCUT2D eigenvalue weighted by Gasteiger charge is -1.97. The molecular formula is C6H12N2O4. The Kier molecular flexibility index (Phi) is 5.94. The van der Waals surface area contributed by atoms with E-state index in [1.165, 1.54) is 0 Å². The van der Waals surface area contributed by atoms with Gasteiger partial charge in [0.15, 0.2) is 0 Å². The fraction of sp³-hybridized carbons (Fsp3) is 0.667. The molecule has 12 heavy (non-hydrogen) atoms. The van der Waals surface area contributed by atoms with E-state index in [1.54, 1.807) is 0 Å². The quantitative estimate of drug-likeness (QED) is 0.427. The normalized spacial score (nSPS) is 9.17. The zero-order valence-corrected chi connectivity index (χ0v) is 6.62. The first-order valence-corrected chi connectivity index (χ1v) is 3.50. The van der Waals surface area contributed by atoms with Crippen LogP contribution in [0.2, 0.25) is 0 Å². The van der Waals surface area contributed by atoms with Crippen LogP contribution in [0.5, 0.6) is 0 Å². The van der Waals surface area contributed by atoms with Crippen LogP contribution in [0.15, 0.2) is 0 Å². The van der Waals surface area contributed by atoms with Gasteiger partial charge in [0.2, 0.25) is 0 Å². The predicted octanol–water partition coefficient (Wildman–Crippen LogP) is -0.619. The van der Waals surface area contributed by atoms with Gasteiger partial charge >= 0.3 is 11.9 Å². The maximum absolute atomic E-state index is 10.4. The van der Waals surface area contributed by atoms with E-state index in [2.05, 4.69) is 21.5 Å². The van der Waals surface area contributed by atoms with E-state index in [4.69, 9.17) is 0 Å². The van der Waals surface area contributed by atoms with Crippen molar-refractivity contribution in [3.63, 3.8) is 0 Å². The Morgan fingerprint density at radius 1 is 0.917 bits per heavy atom. The fourth-order valence-corrected chi connectivity index (χ4v) is 0.657. The van der Waals surface area contributed by atoms with Gasteiger partial charge in [-0.2, -0.15) is 11.8 Å². The molecule has 0 aromatic heterocycles. The van der Waals surface area contributed by atoms with Gasteiger partial charge in [-0.1, -0.05) is 0 Å². The first kappa shape index (κ1) is 10.9. The molecule has 0 bridgehead atoms. The van der Waals surface area contributed by atoms with Crippen molar-refractivity contribution < 1.29 is 19.3 Å². The van der Waals surface area contributed by atoms with Gasteiger partial charge in [0.1, 0.15) is 0 Å². The van der Waals surface area contributed by atoms with Crippen LogP contribution < -0.4 is 11.8 Å². The minimum atomic E-state index is -0.490. The summed E-state index contributed by atoms with van der Waals surface area (Å²) < 4.78 is 0. The van der Waals surface area contributed by atoms with E-state index < -0.39 is 11.9 Å². The molecule has 0 aromatic rings. The van der Waals surface area contributed by atoms with Crippen LogP contribution in [0.4, 0.5) is 0 Å². The van der Waals surface area contributed by atoms with Gasteiger partial charge in [-0.25, -0.2) is 0 Å². The summed E-state index contributed by atoms with van der Waals surface area (Å²) >= 11 is 0. The van der Waals surface area contributed by atoms with Gasteiger partial charge in [0, 0.05) is 12.8 Å². The highest BCUT2D eigenvalue weighted by molar-refractivity contribution is 5.70. The average Bonchev–Trinajstić information content (AvgIpc) is 2.11. The molecule has 0 fully saturated rings. The van der Waals surface area contributed by atoms with Crippen molar-refractivity contribution in [1.82, 2.24) is 0 Å². The second kappa shape index (κ2) is 6.56. The van der Waals surface area contributed by atoms with Gasteiger partial charge in [-0.05, 0) is 12.8 Å². The molecule has 0 spiro atoms. The van der Waals surface area contributed by atoms with Crippen LogP contribution >= 0.6 is 0 Å². The van der Waals surface area contributed by atoms with Gasteiger partial charge in [-0.15, -0.1) is 0 Å². The second-order valence-electron chi connectivity index (χ2n) is 2.19. The molecule has 0 radical (unpaired) electrons. The summed E-state index contributed by atoms with van der Waals surface area (Å²) in [5.41, 5.74) is 0. The number of rotatable bonds is 5. The number of carbonyl (C=O) groups excluding carboxylic acids is 2. The van der Waals surface area contributed by atoms with Crippen LogP contribution in [-0.2, 0) is 19.3 Å². The molecule has 4 N–H and O–H groups in total. The molecule has 0 amide bonds. The third-order valence-electron chi connectivity index (χ3n) is 1.27.